The lowest BCUT2D eigenvalue weighted by molar-refractivity contribution is -0.139. The van der Waals surface area contributed by atoms with Gasteiger partial charge in [0.15, 0.2) is 0 Å². The van der Waals surface area contributed by atoms with Gasteiger partial charge < -0.3 is 10.2 Å². The minimum atomic E-state index is -3.81. The summed E-state index contributed by atoms with van der Waals surface area (Å²) in [6, 6.07) is 24.2. The fourth-order valence-corrected chi connectivity index (χ4v) is 9.68. The molecule has 3 aromatic carbocycles. The van der Waals surface area contributed by atoms with E-state index in [-0.39, 0.29) is 17.9 Å². The lowest BCUT2D eigenvalue weighted by Gasteiger charge is -2.57. The van der Waals surface area contributed by atoms with Gasteiger partial charge in [-0.15, -0.1) is 0 Å². The second-order valence-corrected chi connectivity index (χ2v) is 16.3. The Hall–Kier alpha value is -3.17. The van der Waals surface area contributed by atoms with Crippen molar-refractivity contribution in [1.29, 1.82) is 0 Å². The monoisotopic (exact) mass is 691 g/mol. The maximum atomic E-state index is 14.2. The molecule has 0 unspecified atom stereocenters. The summed E-state index contributed by atoms with van der Waals surface area (Å²) in [6.07, 6.45) is 9.17. The first kappa shape index (κ1) is 31.8. The van der Waals surface area contributed by atoms with Gasteiger partial charge in [-0.2, -0.15) is 0 Å². The highest BCUT2D eigenvalue weighted by Gasteiger charge is 2.51. The zero-order valence-electron chi connectivity index (χ0n) is 26.0. The molecule has 0 aromatic heterocycles. The number of nitrogens with one attached hydrogen (secondary N) is 1. The SMILES string of the molecule is CNC(=O)[C@@H](Cc1ccccc1)N(Cc1ccc(Br)cc1)C(=O)CN(c1ccc(C23CC4CC(CC(C4)C2)C3)cc1)S(C)(=O)=O. The van der Waals surface area contributed by atoms with Crippen LogP contribution >= 0.6 is 15.9 Å². The Kier molecular flexibility index (Phi) is 9.12. The molecule has 1 atom stereocenters. The molecule has 0 saturated heterocycles. The molecular formula is C36H42BrN3O4S. The fraction of sp³-hybridized carbons (Fsp3) is 0.444. The second-order valence-electron chi connectivity index (χ2n) is 13.5. The third kappa shape index (κ3) is 6.99. The van der Waals surface area contributed by atoms with Gasteiger partial charge in [-0.3, -0.25) is 13.9 Å². The standard InChI is InChI=1S/C36H42BrN3O4S/c1-38-35(42)33(19-25-6-4-3-5-7-25)39(23-26-8-12-31(37)13-9-26)34(41)24-40(45(2,43)44)32-14-10-30(11-15-32)36-20-27-16-28(21-36)18-29(17-27)22-36/h3-15,27-29,33H,16-24H2,1-2H3,(H,38,42)/t27?,28?,29?,33-,36?/m1/s1. The van der Waals surface area contributed by atoms with Crippen LogP contribution in [0.15, 0.2) is 83.3 Å². The van der Waals surface area contributed by atoms with Crippen molar-refractivity contribution in [3.8, 4) is 0 Å². The summed E-state index contributed by atoms with van der Waals surface area (Å²) >= 11 is 3.46. The van der Waals surface area contributed by atoms with Crippen molar-refractivity contribution in [3.63, 3.8) is 0 Å². The number of anilines is 1. The molecule has 9 heteroatoms. The molecule has 4 aliphatic carbocycles. The molecule has 0 spiro atoms. The Morgan fingerprint density at radius 1 is 0.867 bits per heavy atom. The van der Waals surface area contributed by atoms with E-state index in [4.69, 9.17) is 0 Å². The van der Waals surface area contributed by atoms with Crippen molar-refractivity contribution in [2.24, 2.45) is 17.8 Å². The van der Waals surface area contributed by atoms with E-state index in [1.807, 2.05) is 66.7 Å². The van der Waals surface area contributed by atoms with Crippen LogP contribution in [0.5, 0.6) is 0 Å². The smallest absolute Gasteiger partial charge is 0.244 e. The molecule has 4 aliphatic rings. The van der Waals surface area contributed by atoms with E-state index in [0.717, 1.165) is 39.6 Å². The Balaban J connectivity index is 1.29. The molecule has 1 N–H and O–H groups in total. The molecule has 0 heterocycles. The lowest BCUT2D eigenvalue weighted by atomic mass is 9.48. The van der Waals surface area contributed by atoms with Gasteiger partial charge in [0, 0.05) is 24.5 Å². The number of likely N-dealkylation sites (N-methyl/N-ethyl adjacent to an activating group) is 1. The highest BCUT2D eigenvalue weighted by atomic mass is 79.9. The Morgan fingerprint density at radius 2 is 1.44 bits per heavy atom. The molecule has 7 nitrogen and oxygen atoms in total. The maximum Gasteiger partial charge on any atom is 0.244 e. The number of halogens is 1. The number of hydrogen-bond donors (Lipinski definition) is 1. The van der Waals surface area contributed by atoms with Gasteiger partial charge in [-0.05, 0) is 103 Å². The van der Waals surface area contributed by atoms with Gasteiger partial charge in [0.25, 0.3) is 0 Å². The Morgan fingerprint density at radius 3 is 1.98 bits per heavy atom. The van der Waals surface area contributed by atoms with Crippen molar-refractivity contribution < 1.29 is 18.0 Å². The zero-order chi connectivity index (χ0) is 31.8. The van der Waals surface area contributed by atoms with E-state index in [2.05, 4.69) is 33.4 Å². The van der Waals surface area contributed by atoms with Gasteiger partial charge in [0.1, 0.15) is 12.6 Å². The summed E-state index contributed by atoms with van der Waals surface area (Å²) in [5.74, 6) is 1.67. The molecule has 0 radical (unpaired) electrons. The molecule has 45 heavy (non-hydrogen) atoms. The summed E-state index contributed by atoms with van der Waals surface area (Å²) in [5.41, 5.74) is 3.69. The van der Waals surface area contributed by atoms with E-state index >= 15 is 0 Å². The van der Waals surface area contributed by atoms with E-state index in [0.29, 0.717) is 12.1 Å². The van der Waals surface area contributed by atoms with E-state index in [9.17, 15) is 18.0 Å². The number of carbonyl (C=O) groups is 2. The number of carbonyl (C=O) groups excluding carboxylic acids is 2. The van der Waals surface area contributed by atoms with Gasteiger partial charge in [-0.1, -0.05) is 70.5 Å². The van der Waals surface area contributed by atoms with Crippen molar-refractivity contribution >= 4 is 43.5 Å². The third-order valence-electron chi connectivity index (χ3n) is 10.3. The van der Waals surface area contributed by atoms with Gasteiger partial charge in [0.05, 0.1) is 11.9 Å². The summed E-state index contributed by atoms with van der Waals surface area (Å²) in [4.78, 5) is 29.1. The number of sulfonamides is 1. The molecule has 7 rings (SSSR count). The first-order valence-electron chi connectivity index (χ1n) is 15.9. The van der Waals surface area contributed by atoms with Crippen LogP contribution < -0.4 is 9.62 Å². The zero-order valence-corrected chi connectivity index (χ0v) is 28.4. The van der Waals surface area contributed by atoms with Crippen LogP contribution in [0, 0.1) is 17.8 Å². The molecule has 3 aromatic rings. The van der Waals surface area contributed by atoms with Crippen LogP contribution in [0.3, 0.4) is 0 Å². The van der Waals surface area contributed by atoms with Crippen LogP contribution in [0.25, 0.3) is 0 Å². The van der Waals surface area contributed by atoms with Crippen molar-refractivity contribution in [1.82, 2.24) is 10.2 Å². The molecule has 4 saturated carbocycles. The number of nitrogens with zero attached hydrogens (tertiary/aromatic N) is 2. The topological polar surface area (TPSA) is 86.8 Å². The average molecular weight is 693 g/mol. The predicted molar refractivity (Wildman–Crippen MR) is 181 cm³/mol. The fourth-order valence-electron chi connectivity index (χ4n) is 8.57. The van der Waals surface area contributed by atoms with E-state index in [1.54, 1.807) is 7.05 Å². The molecule has 2 amide bonds. The Labute approximate surface area is 275 Å². The highest BCUT2D eigenvalue weighted by molar-refractivity contribution is 9.10. The number of benzene rings is 3. The van der Waals surface area contributed by atoms with Crippen molar-refractivity contribution in [2.45, 2.75) is 62.9 Å². The molecule has 4 bridgehead atoms. The Bertz CT molecular complexity index is 1590. The number of hydrogen-bond acceptors (Lipinski definition) is 4. The molecule has 238 valence electrons. The van der Waals surface area contributed by atoms with Crippen LogP contribution in [0.2, 0.25) is 0 Å². The van der Waals surface area contributed by atoms with Crippen LogP contribution in [0.1, 0.15) is 55.2 Å². The van der Waals surface area contributed by atoms with Crippen LogP contribution in [-0.4, -0.2) is 51.0 Å². The van der Waals surface area contributed by atoms with Gasteiger partial charge in [0.2, 0.25) is 21.8 Å². The van der Waals surface area contributed by atoms with Crippen molar-refractivity contribution in [2.75, 3.05) is 24.2 Å². The predicted octanol–water partition coefficient (Wildman–Crippen LogP) is 6.07. The van der Waals surface area contributed by atoms with Crippen molar-refractivity contribution in [3.05, 3.63) is 100 Å². The summed E-state index contributed by atoms with van der Waals surface area (Å²) in [6.45, 7) is -0.256. The van der Waals surface area contributed by atoms with Gasteiger partial charge >= 0.3 is 0 Å². The van der Waals surface area contributed by atoms with Crippen LogP contribution in [0.4, 0.5) is 5.69 Å². The summed E-state index contributed by atoms with van der Waals surface area (Å²) in [5, 5.41) is 2.72. The minimum Gasteiger partial charge on any atom is -0.357 e. The normalized spacial score (nSPS) is 24.2. The lowest BCUT2D eigenvalue weighted by Crippen LogP contribution is -2.52. The molecule has 4 fully saturated rings. The van der Waals surface area contributed by atoms with E-state index in [1.165, 1.54) is 53.3 Å². The van der Waals surface area contributed by atoms with Gasteiger partial charge in [-0.25, -0.2) is 8.42 Å². The number of rotatable bonds is 11. The molecular weight excluding hydrogens is 650 g/mol. The first-order chi connectivity index (χ1) is 21.5. The minimum absolute atomic E-state index is 0.152. The largest absolute Gasteiger partial charge is 0.357 e. The summed E-state index contributed by atoms with van der Waals surface area (Å²) in [7, 11) is -2.26. The third-order valence-corrected chi connectivity index (χ3v) is 11.9. The molecule has 0 aliphatic heterocycles. The number of amides is 2. The average Bonchev–Trinajstić information content (AvgIpc) is 3.01. The quantitative estimate of drug-likeness (QED) is 0.265. The van der Waals surface area contributed by atoms with E-state index < -0.39 is 28.5 Å². The second kappa shape index (κ2) is 12.9. The maximum absolute atomic E-state index is 14.2. The summed E-state index contributed by atoms with van der Waals surface area (Å²) < 4.78 is 28.5. The first-order valence-corrected chi connectivity index (χ1v) is 18.5. The van der Waals surface area contributed by atoms with Crippen LogP contribution in [-0.2, 0) is 38.0 Å². The highest BCUT2D eigenvalue weighted by Crippen LogP contribution is 2.60.